The first-order chi connectivity index (χ1) is 6.18. The average molecular weight is 281 g/mol. The first-order valence-corrected chi connectivity index (χ1v) is 5.18. The van der Waals surface area contributed by atoms with Crippen molar-refractivity contribution in [2.45, 2.75) is 18.9 Å². The molecule has 2 rings (SSSR count). The Morgan fingerprint density at radius 1 is 1.43 bits per heavy atom. The van der Waals surface area contributed by atoms with Gasteiger partial charge in [-0.05, 0) is 42.5 Å². The van der Waals surface area contributed by atoms with Gasteiger partial charge in [-0.15, -0.1) is 12.4 Å². The summed E-state index contributed by atoms with van der Waals surface area (Å²) in [7, 11) is 0. The third kappa shape index (κ3) is 2.47. The molecule has 78 valence electrons. The van der Waals surface area contributed by atoms with E-state index in [2.05, 4.69) is 15.9 Å². The van der Waals surface area contributed by atoms with Crippen LogP contribution in [-0.4, -0.2) is 0 Å². The van der Waals surface area contributed by atoms with Crippen LogP contribution in [-0.2, 0) is 0 Å². The number of benzene rings is 1. The molecule has 0 saturated heterocycles. The second-order valence-electron chi connectivity index (χ2n) is 3.53. The van der Waals surface area contributed by atoms with Crippen LogP contribution in [0.4, 0.5) is 4.39 Å². The second-order valence-corrected chi connectivity index (χ2v) is 4.38. The zero-order valence-electron chi connectivity index (χ0n) is 7.54. The van der Waals surface area contributed by atoms with Crippen molar-refractivity contribution in [1.82, 2.24) is 0 Å². The van der Waals surface area contributed by atoms with Gasteiger partial charge in [0.25, 0.3) is 0 Å². The molecule has 1 aliphatic rings. The summed E-state index contributed by atoms with van der Waals surface area (Å²) in [4.78, 5) is 0. The Morgan fingerprint density at radius 2 is 2.07 bits per heavy atom. The maximum Gasteiger partial charge on any atom is 0.123 e. The minimum atomic E-state index is -0.214. The lowest BCUT2D eigenvalue weighted by molar-refractivity contribution is 0.599. The van der Waals surface area contributed by atoms with Crippen LogP contribution in [0.5, 0.6) is 0 Å². The minimum absolute atomic E-state index is 0. The molecule has 0 bridgehead atoms. The maximum atomic E-state index is 12.9. The van der Waals surface area contributed by atoms with Gasteiger partial charge >= 0.3 is 0 Å². The molecule has 0 radical (unpaired) electrons. The Morgan fingerprint density at radius 3 is 2.64 bits per heavy atom. The van der Waals surface area contributed by atoms with Crippen molar-refractivity contribution in [3.63, 3.8) is 0 Å². The zero-order chi connectivity index (χ0) is 9.42. The SMILES string of the molecule is Cl.N[C@H](c1cc(F)ccc1Br)C1CC1. The van der Waals surface area contributed by atoms with Crippen molar-refractivity contribution in [3.8, 4) is 0 Å². The van der Waals surface area contributed by atoms with Crippen LogP contribution in [0.3, 0.4) is 0 Å². The van der Waals surface area contributed by atoms with Crippen molar-refractivity contribution in [1.29, 1.82) is 0 Å². The van der Waals surface area contributed by atoms with Crippen LogP contribution < -0.4 is 5.73 Å². The Bertz CT molecular complexity index is 328. The van der Waals surface area contributed by atoms with Gasteiger partial charge in [-0.3, -0.25) is 0 Å². The van der Waals surface area contributed by atoms with Gasteiger partial charge in [0.15, 0.2) is 0 Å². The van der Waals surface area contributed by atoms with Crippen molar-refractivity contribution in [2.75, 3.05) is 0 Å². The highest BCUT2D eigenvalue weighted by Gasteiger charge is 2.30. The molecule has 0 spiro atoms. The van der Waals surface area contributed by atoms with Crippen LogP contribution in [0.25, 0.3) is 0 Å². The fourth-order valence-corrected chi connectivity index (χ4v) is 1.99. The summed E-state index contributed by atoms with van der Waals surface area (Å²) < 4.78 is 13.8. The summed E-state index contributed by atoms with van der Waals surface area (Å²) in [5, 5.41) is 0. The highest BCUT2D eigenvalue weighted by molar-refractivity contribution is 9.10. The quantitative estimate of drug-likeness (QED) is 0.882. The van der Waals surface area contributed by atoms with Gasteiger partial charge in [0.2, 0.25) is 0 Å². The van der Waals surface area contributed by atoms with Crippen LogP contribution in [0.1, 0.15) is 24.4 Å². The number of hydrogen-bond acceptors (Lipinski definition) is 1. The Kier molecular flexibility index (Phi) is 3.93. The van der Waals surface area contributed by atoms with Crippen LogP contribution in [0.15, 0.2) is 22.7 Å². The number of nitrogens with two attached hydrogens (primary N) is 1. The monoisotopic (exact) mass is 279 g/mol. The molecule has 0 heterocycles. The van der Waals surface area contributed by atoms with Gasteiger partial charge in [0.1, 0.15) is 5.82 Å². The van der Waals surface area contributed by atoms with Gasteiger partial charge in [0.05, 0.1) is 0 Å². The summed E-state index contributed by atoms with van der Waals surface area (Å²) in [6.07, 6.45) is 2.34. The van der Waals surface area contributed by atoms with E-state index in [0.717, 1.165) is 10.0 Å². The van der Waals surface area contributed by atoms with E-state index in [-0.39, 0.29) is 24.3 Å². The van der Waals surface area contributed by atoms with E-state index in [1.807, 2.05) is 0 Å². The maximum absolute atomic E-state index is 12.9. The van der Waals surface area contributed by atoms with Crippen molar-refractivity contribution in [3.05, 3.63) is 34.1 Å². The normalized spacial score (nSPS) is 17.4. The summed E-state index contributed by atoms with van der Waals surface area (Å²) in [6.45, 7) is 0. The fourth-order valence-electron chi connectivity index (χ4n) is 1.48. The Labute approximate surface area is 97.4 Å². The summed E-state index contributed by atoms with van der Waals surface area (Å²) >= 11 is 3.38. The molecule has 14 heavy (non-hydrogen) atoms. The van der Waals surface area contributed by atoms with E-state index < -0.39 is 0 Å². The molecule has 0 aliphatic heterocycles. The van der Waals surface area contributed by atoms with E-state index in [4.69, 9.17) is 5.73 Å². The van der Waals surface area contributed by atoms with E-state index >= 15 is 0 Å². The van der Waals surface area contributed by atoms with Gasteiger partial charge in [-0.2, -0.15) is 0 Å². The van der Waals surface area contributed by atoms with Crippen molar-refractivity contribution < 1.29 is 4.39 Å². The highest BCUT2D eigenvalue weighted by atomic mass is 79.9. The smallest absolute Gasteiger partial charge is 0.123 e. The van der Waals surface area contributed by atoms with E-state index in [1.54, 1.807) is 6.07 Å². The minimum Gasteiger partial charge on any atom is -0.324 e. The van der Waals surface area contributed by atoms with Crippen molar-refractivity contribution in [2.24, 2.45) is 11.7 Å². The second kappa shape index (κ2) is 4.60. The summed E-state index contributed by atoms with van der Waals surface area (Å²) in [5.41, 5.74) is 6.86. The topological polar surface area (TPSA) is 26.0 Å². The fraction of sp³-hybridized carbons (Fsp3) is 0.400. The van der Waals surface area contributed by atoms with Gasteiger partial charge in [-0.1, -0.05) is 15.9 Å². The highest BCUT2D eigenvalue weighted by Crippen LogP contribution is 2.41. The third-order valence-corrected chi connectivity index (χ3v) is 3.17. The molecule has 1 aliphatic carbocycles. The molecular formula is C10H12BrClFN. The molecule has 0 aromatic heterocycles. The van der Waals surface area contributed by atoms with Crippen molar-refractivity contribution >= 4 is 28.3 Å². The lowest BCUT2D eigenvalue weighted by atomic mass is 10.0. The standard InChI is InChI=1S/C10H11BrFN.ClH/c11-9-4-3-7(12)5-8(9)10(13)6-1-2-6;/h3-6,10H,1-2,13H2;1H/t10-;/m0./s1. The molecule has 1 aromatic rings. The molecule has 1 aromatic carbocycles. The lowest BCUT2D eigenvalue weighted by Crippen LogP contribution is -2.13. The first kappa shape index (κ1) is 12.0. The predicted molar refractivity (Wildman–Crippen MR) is 61.0 cm³/mol. The Hall–Kier alpha value is -0.120. The average Bonchev–Trinajstić information content (AvgIpc) is 2.91. The largest absolute Gasteiger partial charge is 0.324 e. The lowest BCUT2D eigenvalue weighted by Gasteiger charge is -2.12. The van der Waals surface area contributed by atoms with Gasteiger partial charge in [-0.25, -0.2) is 4.39 Å². The van der Waals surface area contributed by atoms with Gasteiger partial charge < -0.3 is 5.73 Å². The molecule has 4 heteroatoms. The predicted octanol–water partition coefficient (Wildman–Crippen LogP) is 3.42. The molecule has 1 fully saturated rings. The van der Waals surface area contributed by atoms with E-state index in [9.17, 15) is 4.39 Å². The zero-order valence-corrected chi connectivity index (χ0v) is 9.94. The molecule has 2 N–H and O–H groups in total. The van der Waals surface area contributed by atoms with Crippen LogP contribution >= 0.6 is 28.3 Å². The summed E-state index contributed by atoms with van der Waals surface area (Å²) in [6, 6.07) is 4.66. The molecule has 1 atom stereocenters. The molecule has 0 unspecified atom stereocenters. The van der Waals surface area contributed by atoms with Crippen LogP contribution in [0.2, 0.25) is 0 Å². The first-order valence-electron chi connectivity index (χ1n) is 4.39. The van der Waals surface area contributed by atoms with Gasteiger partial charge in [0, 0.05) is 10.5 Å². The van der Waals surface area contributed by atoms with E-state index in [0.29, 0.717) is 5.92 Å². The van der Waals surface area contributed by atoms with E-state index in [1.165, 1.54) is 25.0 Å². The number of rotatable bonds is 2. The van der Waals surface area contributed by atoms with Crippen LogP contribution in [0, 0.1) is 11.7 Å². The number of hydrogen-bond donors (Lipinski definition) is 1. The molecule has 1 nitrogen and oxygen atoms in total. The number of halogens is 3. The molecule has 1 saturated carbocycles. The summed E-state index contributed by atoms with van der Waals surface area (Å²) in [5.74, 6) is 0.340. The Balaban J connectivity index is 0.000000980. The molecular weight excluding hydrogens is 268 g/mol. The third-order valence-electron chi connectivity index (χ3n) is 2.45. The molecule has 0 amide bonds.